The third-order valence-corrected chi connectivity index (χ3v) is 5.26. The number of para-hydroxylation sites is 2. The van der Waals surface area contributed by atoms with Crippen molar-refractivity contribution in [3.8, 4) is 0 Å². The highest BCUT2D eigenvalue weighted by molar-refractivity contribution is 14.1. The van der Waals surface area contributed by atoms with Crippen LogP contribution in [-0.4, -0.2) is 21.7 Å². The lowest BCUT2D eigenvalue weighted by Crippen LogP contribution is -1.91. The molecule has 108 valence electrons. The molecule has 5 nitrogen and oxygen atoms in total. The number of hydrogen-bond acceptors (Lipinski definition) is 2. The van der Waals surface area contributed by atoms with Crippen molar-refractivity contribution in [2.24, 2.45) is 7.05 Å². The predicted octanol–water partition coefficient (Wildman–Crippen LogP) is 3.84. The summed E-state index contributed by atoms with van der Waals surface area (Å²) in [6.45, 7) is 2.16. The van der Waals surface area contributed by atoms with Gasteiger partial charge in [-0.05, 0) is 25.1 Å². The summed E-state index contributed by atoms with van der Waals surface area (Å²) in [5.41, 5.74) is 7.93. The van der Waals surface area contributed by atoms with Crippen LogP contribution < -0.4 is 0 Å². The number of nitrogens with zero attached hydrogens (tertiary/aromatic N) is 5. The molecule has 5 aromatic rings. The van der Waals surface area contributed by atoms with E-state index in [4.69, 9.17) is 4.98 Å². The average Bonchev–Trinajstić information content (AvgIpc) is 3.14. The van der Waals surface area contributed by atoms with E-state index in [2.05, 4.69) is 70.8 Å². The van der Waals surface area contributed by atoms with Crippen molar-refractivity contribution < 1.29 is 0 Å². The average molecular weight is 401 g/mol. The number of benzene rings is 2. The van der Waals surface area contributed by atoms with Gasteiger partial charge in [0, 0.05) is 12.6 Å². The minimum atomic E-state index is 0.954. The van der Waals surface area contributed by atoms with E-state index in [1.165, 1.54) is 16.6 Å². The summed E-state index contributed by atoms with van der Waals surface area (Å²) in [5, 5.41) is 0. The Morgan fingerprint density at radius 3 is 2.73 bits per heavy atom. The van der Waals surface area contributed by atoms with Crippen LogP contribution in [0.2, 0.25) is 0 Å². The number of aromatic nitrogens is 5. The first-order chi connectivity index (χ1) is 10.7. The highest BCUT2D eigenvalue weighted by atomic mass is 127. The summed E-state index contributed by atoms with van der Waals surface area (Å²) in [5.74, 6) is 0.954. The van der Waals surface area contributed by atoms with Crippen molar-refractivity contribution in [2.75, 3.05) is 0 Å². The number of rotatable bonds is 0. The number of fused-ring (bicyclic) bond motifs is 6. The van der Waals surface area contributed by atoms with Crippen molar-refractivity contribution in [1.82, 2.24) is 21.7 Å². The minimum Gasteiger partial charge on any atom is -0.333 e. The van der Waals surface area contributed by atoms with Gasteiger partial charge in [0.1, 0.15) is 0 Å². The molecule has 0 saturated heterocycles. The largest absolute Gasteiger partial charge is 0.333 e. The van der Waals surface area contributed by atoms with Crippen molar-refractivity contribution in [3.63, 3.8) is 0 Å². The molecule has 0 bridgehead atoms. The SMILES string of the molecule is Cc1c2c(cc3c1n(I)c1nc4ccccc4n31)ncn2C. The van der Waals surface area contributed by atoms with E-state index in [1.807, 2.05) is 19.4 Å². The molecular weight excluding hydrogens is 389 g/mol. The predicted molar refractivity (Wildman–Crippen MR) is 96.6 cm³/mol. The van der Waals surface area contributed by atoms with Gasteiger partial charge in [0.25, 0.3) is 0 Å². The molecule has 0 amide bonds. The zero-order valence-corrected chi connectivity index (χ0v) is 14.2. The third-order valence-electron chi connectivity index (χ3n) is 4.35. The molecule has 0 radical (unpaired) electrons. The van der Waals surface area contributed by atoms with Crippen LogP contribution in [0, 0.1) is 6.92 Å². The van der Waals surface area contributed by atoms with Crippen molar-refractivity contribution in [3.05, 3.63) is 42.2 Å². The summed E-state index contributed by atoms with van der Waals surface area (Å²) in [7, 11) is 2.04. The van der Waals surface area contributed by atoms with Crippen LogP contribution in [-0.2, 0) is 7.05 Å². The van der Waals surface area contributed by atoms with E-state index in [0.717, 1.165) is 27.8 Å². The molecule has 0 saturated carbocycles. The Kier molecular flexibility index (Phi) is 2.27. The fourth-order valence-corrected chi connectivity index (χ4v) is 4.35. The van der Waals surface area contributed by atoms with Gasteiger partial charge in [-0.25, -0.2) is 12.7 Å². The quantitative estimate of drug-likeness (QED) is 0.370. The topological polar surface area (TPSA) is 40.1 Å². The number of hydrogen-bond donors (Lipinski definition) is 0. The van der Waals surface area contributed by atoms with Gasteiger partial charge in [-0.1, -0.05) is 12.1 Å². The van der Waals surface area contributed by atoms with Crippen LogP contribution in [0.4, 0.5) is 0 Å². The lowest BCUT2D eigenvalue weighted by molar-refractivity contribution is 0.944. The first-order valence-corrected chi connectivity index (χ1v) is 8.01. The van der Waals surface area contributed by atoms with Crippen LogP contribution in [0.5, 0.6) is 0 Å². The van der Waals surface area contributed by atoms with Gasteiger partial charge in [0.2, 0.25) is 5.78 Å². The molecule has 3 aromatic heterocycles. The lowest BCUT2D eigenvalue weighted by atomic mass is 10.1. The smallest absolute Gasteiger partial charge is 0.225 e. The van der Waals surface area contributed by atoms with E-state index >= 15 is 0 Å². The Hall–Kier alpha value is -2.09. The van der Waals surface area contributed by atoms with Crippen LogP contribution in [0.25, 0.3) is 38.9 Å². The van der Waals surface area contributed by atoms with Gasteiger partial charge < -0.3 is 4.57 Å². The Morgan fingerprint density at radius 2 is 1.86 bits per heavy atom. The Morgan fingerprint density at radius 1 is 1.05 bits per heavy atom. The van der Waals surface area contributed by atoms with E-state index in [-0.39, 0.29) is 0 Å². The van der Waals surface area contributed by atoms with E-state index < -0.39 is 0 Å². The third kappa shape index (κ3) is 1.34. The summed E-state index contributed by atoms with van der Waals surface area (Å²) in [6, 6.07) is 10.4. The fourth-order valence-electron chi connectivity index (χ4n) is 3.41. The standard InChI is InChI=1S/C16H12IN5/c1-9-14-11(18-8-20(14)2)7-13-15(9)22(17)16-19-10-5-3-4-6-12(10)21(13)16/h3-8H,1-2H3. The van der Waals surface area contributed by atoms with E-state index in [9.17, 15) is 0 Å². The van der Waals surface area contributed by atoms with Crippen LogP contribution in [0.1, 0.15) is 5.56 Å². The maximum atomic E-state index is 4.78. The van der Waals surface area contributed by atoms with Gasteiger partial charge >= 0.3 is 0 Å². The number of imidazole rings is 3. The first kappa shape index (κ1) is 12.5. The van der Waals surface area contributed by atoms with Crippen LogP contribution >= 0.6 is 22.9 Å². The van der Waals surface area contributed by atoms with Crippen molar-refractivity contribution >= 4 is 61.7 Å². The maximum Gasteiger partial charge on any atom is 0.225 e. The fraction of sp³-hybridized carbons (Fsp3) is 0.125. The summed E-state index contributed by atoms with van der Waals surface area (Å²) < 4.78 is 6.45. The molecule has 5 rings (SSSR count). The Bertz CT molecular complexity index is 1210. The molecule has 6 heteroatoms. The van der Waals surface area contributed by atoms with Crippen molar-refractivity contribution in [2.45, 2.75) is 6.92 Å². The normalized spacial score (nSPS) is 12.3. The lowest BCUT2D eigenvalue weighted by Gasteiger charge is -2.03. The highest BCUT2D eigenvalue weighted by Crippen LogP contribution is 2.33. The van der Waals surface area contributed by atoms with Gasteiger partial charge in [0.15, 0.2) is 0 Å². The number of halogens is 1. The van der Waals surface area contributed by atoms with Gasteiger partial charge in [-0.3, -0.25) is 4.40 Å². The van der Waals surface area contributed by atoms with E-state index in [1.54, 1.807) is 0 Å². The molecule has 0 fully saturated rings. The molecule has 0 aliphatic rings. The van der Waals surface area contributed by atoms with Gasteiger partial charge in [-0.15, -0.1) is 0 Å². The summed E-state index contributed by atoms with van der Waals surface area (Å²) >= 11 is 2.34. The van der Waals surface area contributed by atoms with Gasteiger partial charge in [0.05, 0.1) is 62.3 Å². The Labute approximate surface area is 139 Å². The Balaban J connectivity index is 2.15. The van der Waals surface area contributed by atoms with Crippen LogP contribution in [0.15, 0.2) is 36.7 Å². The van der Waals surface area contributed by atoms with Gasteiger partial charge in [-0.2, -0.15) is 0 Å². The molecule has 0 N–H and O–H groups in total. The molecule has 2 aromatic carbocycles. The zero-order chi connectivity index (χ0) is 15.0. The molecular formula is C16H12IN5. The highest BCUT2D eigenvalue weighted by Gasteiger charge is 2.19. The molecule has 3 heterocycles. The molecule has 0 aliphatic carbocycles. The second-order valence-electron chi connectivity index (χ2n) is 5.61. The molecule has 0 atom stereocenters. The van der Waals surface area contributed by atoms with Crippen LogP contribution in [0.3, 0.4) is 0 Å². The second-order valence-corrected chi connectivity index (χ2v) is 6.57. The zero-order valence-electron chi connectivity index (χ0n) is 12.1. The maximum absolute atomic E-state index is 4.78. The molecule has 0 spiro atoms. The second kappa shape index (κ2) is 4.01. The molecule has 0 aliphatic heterocycles. The van der Waals surface area contributed by atoms with Crippen molar-refractivity contribution in [1.29, 1.82) is 0 Å². The number of aryl methyl sites for hydroxylation is 2. The summed E-state index contributed by atoms with van der Waals surface area (Å²) in [4.78, 5) is 9.31. The monoisotopic (exact) mass is 401 g/mol. The van der Waals surface area contributed by atoms with E-state index in [0.29, 0.717) is 0 Å². The summed E-state index contributed by atoms with van der Waals surface area (Å²) in [6.07, 6.45) is 1.87. The molecule has 0 unspecified atom stereocenters. The molecule has 22 heavy (non-hydrogen) atoms. The first-order valence-electron chi connectivity index (χ1n) is 7.05. The minimum absolute atomic E-state index is 0.954.